The minimum Gasteiger partial charge on any atom is -0.492 e. The molecule has 4 heteroatoms. The van der Waals surface area contributed by atoms with Gasteiger partial charge < -0.3 is 4.74 Å². The van der Waals surface area contributed by atoms with Crippen LogP contribution in [0, 0.1) is 0 Å². The lowest BCUT2D eigenvalue weighted by atomic mass is 10.9. The van der Waals surface area contributed by atoms with E-state index in [4.69, 9.17) is 0 Å². The molecule has 0 unspecified atom stereocenters. The van der Waals surface area contributed by atoms with Gasteiger partial charge in [0.25, 0.3) is 10.3 Å². The van der Waals surface area contributed by atoms with Crippen LogP contribution in [0.2, 0.25) is 0 Å². The topological polar surface area (TPSA) is 43.4 Å². The maximum absolute atomic E-state index is 9.65. The fourth-order valence-corrected chi connectivity index (χ4v) is 0.303. The summed E-state index contributed by atoms with van der Waals surface area (Å²) >= 11 is 0. The van der Waals surface area contributed by atoms with E-state index in [9.17, 15) is 8.42 Å². The Bertz CT molecular complexity index is 187. The van der Waals surface area contributed by atoms with Crippen LogP contribution in [0.15, 0.2) is 6.26 Å². The van der Waals surface area contributed by atoms with Crippen molar-refractivity contribution in [2.24, 2.45) is 0 Å². The summed E-state index contributed by atoms with van der Waals surface area (Å²) in [7, 11) is -2.25. The van der Waals surface area contributed by atoms with Gasteiger partial charge >= 0.3 is 0 Å². The molecule has 0 radical (unpaired) electrons. The van der Waals surface area contributed by atoms with Crippen molar-refractivity contribution in [1.82, 2.24) is 0 Å². The average molecular weight is 134 g/mol. The third kappa shape index (κ3) is 5.27. The van der Waals surface area contributed by atoms with E-state index in [1.165, 1.54) is 0 Å². The molecule has 0 bridgehead atoms. The molecule has 0 aliphatic heterocycles. The van der Waals surface area contributed by atoms with Crippen LogP contribution < -0.4 is 0 Å². The van der Waals surface area contributed by atoms with Gasteiger partial charge in [0.15, 0.2) is 0 Å². The second kappa shape index (κ2) is 4.43. The summed E-state index contributed by atoms with van der Waals surface area (Å²) in [5, 5.41) is 1.92. The van der Waals surface area contributed by atoms with Gasteiger partial charge in [-0.05, 0) is 6.92 Å². The Morgan fingerprint density at radius 1 is 1.75 bits per heavy atom. The molecule has 8 heavy (non-hydrogen) atoms. The lowest BCUT2D eigenvalue weighted by Crippen LogP contribution is -1.75. The van der Waals surface area contributed by atoms with Crippen molar-refractivity contribution in [2.45, 2.75) is 6.92 Å². The first-order chi connectivity index (χ1) is 3.77. The SMILES string of the molecule is CCOC=C=S(=O)=O. The number of ether oxygens (including phenoxy) is 1. The summed E-state index contributed by atoms with van der Waals surface area (Å²) in [6.07, 6.45) is 1.02. The quantitative estimate of drug-likeness (QED) is 0.388. The molecule has 0 spiro atoms. The molecule has 46 valence electrons. The van der Waals surface area contributed by atoms with Crippen LogP contribution in [-0.4, -0.2) is 20.0 Å². The highest BCUT2D eigenvalue weighted by atomic mass is 32.2. The molecule has 0 aromatic carbocycles. The minimum absolute atomic E-state index is 0.462. The lowest BCUT2D eigenvalue weighted by Gasteiger charge is -1.83. The second-order valence-electron chi connectivity index (χ2n) is 0.926. The van der Waals surface area contributed by atoms with Gasteiger partial charge in [0.2, 0.25) is 0 Å². The highest BCUT2D eigenvalue weighted by Crippen LogP contribution is 1.65. The predicted octanol–water partition coefficient (Wildman–Crippen LogP) is -0.183. The van der Waals surface area contributed by atoms with E-state index in [0.29, 0.717) is 6.61 Å². The normalized spacial score (nSPS) is 7.12. The van der Waals surface area contributed by atoms with E-state index >= 15 is 0 Å². The fourth-order valence-electron chi connectivity index (χ4n) is 0.157. The standard InChI is InChI=1S/C4H6O3S/c1-2-7-3-4-8(5)6/h3H,2H2,1H3. The molecule has 0 aliphatic carbocycles. The molecular weight excluding hydrogens is 128 g/mol. The van der Waals surface area contributed by atoms with Crippen LogP contribution in [0.3, 0.4) is 0 Å². The highest BCUT2D eigenvalue weighted by Gasteiger charge is 1.63. The van der Waals surface area contributed by atoms with Gasteiger partial charge in [-0.25, -0.2) is 0 Å². The van der Waals surface area contributed by atoms with E-state index in [-0.39, 0.29) is 0 Å². The summed E-state index contributed by atoms with van der Waals surface area (Å²) < 4.78 is 23.8. The fraction of sp³-hybridized carbons (Fsp3) is 0.500. The van der Waals surface area contributed by atoms with Crippen molar-refractivity contribution in [2.75, 3.05) is 6.61 Å². The molecule has 3 nitrogen and oxygen atoms in total. The second-order valence-corrected chi connectivity index (χ2v) is 1.63. The zero-order valence-corrected chi connectivity index (χ0v) is 5.23. The first-order valence-corrected chi connectivity index (χ1v) is 3.13. The maximum Gasteiger partial charge on any atom is 0.263 e. The molecular formula is C4H6O3S. The van der Waals surface area contributed by atoms with Crippen LogP contribution in [0.25, 0.3) is 0 Å². The number of hydrogen-bond donors (Lipinski definition) is 0. The van der Waals surface area contributed by atoms with Crippen LogP contribution in [0.4, 0.5) is 0 Å². The van der Waals surface area contributed by atoms with Crippen molar-refractivity contribution in [1.29, 1.82) is 0 Å². The van der Waals surface area contributed by atoms with Gasteiger partial charge in [0, 0.05) is 0 Å². The van der Waals surface area contributed by atoms with E-state index in [1.54, 1.807) is 6.92 Å². The molecule has 0 rings (SSSR count). The molecule has 0 amide bonds. The summed E-state index contributed by atoms with van der Waals surface area (Å²) in [5.74, 6) is 0. The summed E-state index contributed by atoms with van der Waals surface area (Å²) in [6, 6.07) is 0. The highest BCUT2D eigenvalue weighted by molar-refractivity contribution is 7.70. The summed E-state index contributed by atoms with van der Waals surface area (Å²) in [5.41, 5.74) is 0. The zero-order chi connectivity index (χ0) is 6.41. The zero-order valence-electron chi connectivity index (χ0n) is 4.42. The third-order valence-electron chi connectivity index (χ3n) is 0.394. The molecule has 0 fully saturated rings. The average Bonchev–Trinajstić information content (AvgIpc) is 1.66. The maximum atomic E-state index is 9.65. The van der Waals surface area contributed by atoms with E-state index < -0.39 is 10.3 Å². The van der Waals surface area contributed by atoms with Crippen molar-refractivity contribution < 1.29 is 13.2 Å². The molecule has 0 aromatic rings. The van der Waals surface area contributed by atoms with Crippen LogP contribution >= 0.6 is 0 Å². The van der Waals surface area contributed by atoms with Crippen molar-refractivity contribution in [3.63, 3.8) is 0 Å². The first kappa shape index (κ1) is 7.27. The summed E-state index contributed by atoms with van der Waals surface area (Å²) in [4.78, 5) is 0. The van der Waals surface area contributed by atoms with E-state index in [0.717, 1.165) is 6.26 Å². The van der Waals surface area contributed by atoms with Gasteiger partial charge in [0.1, 0.15) is 6.26 Å². The Morgan fingerprint density at radius 3 is 2.75 bits per heavy atom. The predicted molar refractivity (Wildman–Crippen MR) is 30.1 cm³/mol. The van der Waals surface area contributed by atoms with Crippen LogP contribution in [0.5, 0.6) is 0 Å². The van der Waals surface area contributed by atoms with E-state index in [1.807, 2.05) is 5.02 Å². The van der Waals surface area contributed by atoms with Crippen molar-refractivity contribution in [3.8, 4) is 0 Å². The van der Waals surface area contributed by atoms with Gasteiger partial charge in [-0.15, -0.1) is 0 Å². The Morgan fingerprint density at radius 2 is 2.38 bits per heavy atom. The third-order valence-corrected chi connectivity index (χ3v) is 0.683. The van der Waals surface area contributed by atoms with Crippen LogP contribution in [0.1, 0.15) is 6.92 Å². The number of rotatable bonds is 2. The minimum atomic E-state index is -2.25. The Kier molecular flexibility index (Phi) is 4.03. The molecule has 0 aromatic heterocycles. The van der Waals surface area contributed by atoms with Crippen LogP contribution in [-0.2, 0) is 15.0 Å². The van der Waals surface area contributed by atoms with Crippen molar-refractivity contribution in [3.05, 3.63) is 6.26 Å². The Balaban J connectivity index is 3.85. The van der Waals surface area contributed by atoms with Gasteiger partial charge in [0.05, 0.1) is 11.6 Å². The smallest absolute Gasteiger partial charge is 0.263 e. The largest absolute Gasteiger partial charge is 0.492 e. The first-order valence-electron chi connectivity index (χ1n) is 2.06. The van der Waals surface area contributed by atoms with Gasteiger partial charge in [-0.1, -0.05) is 0 Å². The molecule has 0 saturated heterocycles. The molecule has 0 aliphatic rings. The van der Waals surface area contributed by atoms with Gasteiger partial charge in [-0.3, -0.25) is 0 Å². The molecule has 0 saturated carbocycles. The summed E-state index contributed by atoms with van der Waals surface area (Å²) in [6.45, 7) is 2.22. The molecule has 0 heterocycles. The van der Waals surface area contributed by atoms with Crippen molar-refractivity contribution >= 4 is 15.3 Å². The Labute approximate surface area is 49.1 Å². The Hall–Kier alpha value is -0.730. The molecule has 0 N–H and O–H groups in total. The lowest BCUT2D eigenvalue weighted by molar-refractivity contribution is 0.274. The number of hydrogen-bond acceptors (Lipinski definition) is 3. The van der Waals surface area contributed by atoms with E-state index in [2.05, 4.69) is 4.74 Å². The van der Waals surface area contributed by atoms with Gasteiger partial charge in [-0.2, -0.15) is 8.42 Å². The molecule has 0 atom stereocenters. The monoisotopic (exact) mass is 134 g/mol.